The Morgan fingerprint density at radius 1 is 1.32 bits per heavy atom. The molecule has 0 aromatic rings. The van der Waals surface area contributed by atoms with E-state index < -0.39 is 12.0 Å². The number of nitrogens with zero attached hydrogens (tertiary/aromatic N) is 1. The molecular weight excluding hydrogens is 248 g/mol. The smallest absolute Gasteiger partial charge is 0.326 e. The maximum Gasteiger partial charge on any atom is 0.326 e. The average Bonchev–Trinajstić information content (AvgIpc) is 2.38. The Balaban J connectivity index is 2.49. The van der Waals surface area contributed by atoms with Crippen LogP contribution < -0.4 is 5.32 Å². The molecule has 110 valence electrons. The minimum atomic E-state index is -1.12. The highest BCUT2D eigenvalue weighted by Gasteiger charge is 2.27. The number of urea groups is 1. The Kier molecular flexibility index (Phi) is 6.08. The van der Waals surface area contributed by atoms with E-state index in [-0.39, 0.29) is 25.1 Å². The molecule has 1 saturated carbocycles. The Morgan fingerprint density at radius 2 is 1.89 bits per heavy atom. The first-order valence-corrected chi connectivity index (χ1v) is 6.82. The summed E-state index contributed by atoms with van der Waals surface area (Å²) in [7, 11) is 1.70. The standard InChI is InChI=1S/C13H24N2O4/c1-9-3-5-10(6-4-9)15(2)13(19)14-11(7-8-16)12(17)18/h9-11,16H,3-8H2,1-2H3,(H,14,19)(H,17,18). The molecule has 0 spiro atoms. The second-order valence-electron chi connectivity index (χ2n) is 5.38. The van der Waals surface area contributed by atoms with Crippen LogP contribution >= 0.6 is 0 Å². The summed E-state index contributed by atoms with van der Waals surface area (Å²) in [6.45, 7) is 1.94. The lowest BCUT2D eigenvalue weighted by Crippen LogP contribution is -2.50. The van der Waals surface area contributed by atoms with Gasteiger partial charge in [0.05, 0.1) is 0 Å². The van der Waals surface area contributed by atoms with Crippen LogP contribution in [-0.4, -0.2) is 52.9 Å². The Bertz CT molecular complexity index is 314. The van der Waals surface area contributed by atoms with Crippen LogP contribution in [0.5, 0.6) is 0 Å². The summed E-state index contributed by atoms with van der Waals surface area (Å²) in [5, 5.41) is 20.2. The van der Waals surface area contributed by atoms with Crippen LogP contribution in [0.3, 0.4) is 0 Å². The molecule has 1 rings (SSSR count). The normalized spacial score (nSPS) is 24.6. The van der Waals surface area contributed by atoms with Gasteiger partial charge >= 0.3 is 12.0 Å². The van der Waals surface area contributed by atoms with Crippen LogP contribution in [0.1, 0.15) is 39.0 Å². The van der Waals surface area contributed by atoms with Gasteiger partial charge < -0.3 is 20.4 Å². The Morgan fingerprint density at radius 3 is 2.37 bits per heavy atom. The van der Waals surface area contributed by atoms with Crippen molar-refractivity contribution in [1.29, 1.82) is 0 Å². The maximum atomic E-state index is 12.0. The third kappa shape index (κ3) is 4.70. The fraction of sp³-hybridized carbons (Fsp3) is 0.846. The van der Waals surface area contributed by atoms with Crippen molar-refractivity contribution < 1.29 is 19.8 Å². The number of aliphatic carboxylic acids is 1. The number of rotatable bonds is 5. The summed E-state index contributed by atoms with van der Waals surface area (Å²) in [5.74, 6) is -0.415. The number of carbonyl (C=O) groups excluding carboxylic acids is 1. The second kappa shape index (κ2) is 7.33. The molecule has 0 aromatic heterocycles. The summed E-state index contributed by atoms with van der Waals surface area (Å²) in [4.78, 5) is 24.5. The van der Waals surface area contributed by atoms with Gasteiger partial charge in [-0.15, -0.1) is 0 Å². The molecule has 6 nitrogen and oxygen atoms in total. The number of nitrogens with one attached hydrogen (secondary N) is 1. The van der Waals surface area contributed by atoms with Gasteiger partial charge in [-0.25, -0.2) is 9.59 Å². The van der Waals surface area contributed by atoms with Crippen LogP contribution in [0.2, 0.25) is 0 Å². The molecule has 19 heavy (non-hydrogen) atoms. The van der Waals surface area contributed by atoms with Crippen LogP contribution in [0.25, 0.3) is 0 Å². The number of amides is 2. The van der Waals surface area contributed by atoms with E-state index in [0.29, 0.717) is 5.92 Å². The number of aliphatic hydroxyl groups is 1. The van der Waals surface area contributed by atoms with Gasteiger partial charge in [0.25, 0.3) is 0 Å². The zero-order valence-corrected chi connectivity index (χ0v) is 11.6. The van der Waals surface area contributed by atoms with Crippen LogP contribution in [0.15, 0.2) is 0 Å². The van der Waals surface area contributed by atoms with Crippen molar-refractivity contribution in [2.75, 3.05) is 13.7 Å². The number of hydrogen-bond donors (Lipinski definition) is 3. The molecule has 6 heteroatoms. The van der Waals surface area contributed by atoms with Crippen LogP contribution in [0.4, 0.5) is 4.79 Å². The van der Waals surface area contributed by atoms with Crippen molar-refractivity contribution in [3.8, 4) is 0 Å². The topological polar surface area (TPSA) is 89.9 Å². The molecule has 0 aromatic carbocycles. The van der Waals surface area contributed by atoms with Gasteiger partial charge in [-0.3, -0.25) is 0 Å². The van der Waals surface area contributed by atoms with E-state index in [2.05, 4.69) is 12.2 Å². The molecule has 0 radical (unpaired) electrons. The summed E-state index contributed by atoms with van der Waals surface area (Å²) in [5.41, 5.74) is 0. The lowest BCUT2D eigenvalue weighted by Gasteiger charge is -2.34. The molecule has 1 aliphatic carbocycles. The van der Waals surface area contributed by atoms with E-state index in [4.69, 9.17) is 10.2 Å². The second-order valence-corrected chi connectivity index (χ2v) is 5.38. The number of hydrogen-bond acceptors (Lipinski definition) is 3. The zero-order chi connectivity index (χ0) is 14.4. The first kappa shape index (κ1) is 15.8. The van der Waals surface area contributed by atoms with Crippen molar-refractivity contribution in [3.63, 3.8) is 0 Å². The van der Waals surface area contributed by atoms with E-state index in [0.717, 1.165) is 25.7 Å². The van der Waals surface area contributed by atoms with E-state index in [1.54, 1.807) is 11.9 Å². The highest BCUT2D eigenvalue weighted by molar-refractivity contribution is 5.82. The van der Waals surface area contributed by atoms with Gasteiger partial charge in [-0.1, -0.05) is 6.92 Å². The molecule has 3 N–H and O–H groups in total. The highest BCUT2D eigenvalue weighted by atomic mass is 16.4. The SMILES string of the molecule is CC1CCC(N(C)C(=O)NC(CCO)C(=O)O)CC1. The lowest BCUT2D eigenvalue weighted by atomic mass is 9.87. The largest absolute Gasteiger partial charge is 0.480 e. The zero-order valence-electron chi connectivity index (χ0n) is 11.6. The molecule has 1 fully saturated rings. The maximum absolute atomic E-state index is 12.0. The summed E-state index contributed by atoms with van der Waals surface area (Å²) in [6.07, 6.45) is 4.14. The lowest BCUT2D eigenvalue weighted by molar-refractivity contribution is -0.139. The summed E-state index contributed by atoms with van der Waals surface area (Å²) in [6, 6.07) is -1.22. The van der Waals surface area contributed by atoms with Crippen molar-refractivity contribution in [3.05, 3.63) is 0 Å². The summed E-state index contributed by atoms with van der Waals surface area (Å²) < 4.78 is 0. The molecule has 0 bridgehead atoms. The molecular formula is C13H24N2O4. The van der Waals surface area contributed by atoms with Gasteiger partial charge in [0.1, 0.15) is 6.04 Å². The molecule has 2 amide bonds. The van der Waals surface area contributed by atoms with E-state index >= 15 is 0 Å². The van der Waals surface area contributed by atoms with Crippen molar-refractivity contribution in [2.24, 2.45) is 5.92 Å². The molecule has 1 aliphatic rings. The summed E-state index contributed by atoms with van der Waals surface area (Å²) >= 11 is 0. The molecule has 1 unspecified atom stereocenters. The third-order valence-corrected chi connectivity index (χ3v) is 3.87. The fourth-order valence-corrected chi connectivity index (χ4v) is 2.43. The first-order valence-electron chi connectivity index (χ1n) is 6.82. The predicted molar refractivity (Wildman–Crippen MR) is 70.8 cm³/mol. The minimum Gasteiger partial charge on any atom is -0.480 e. The average molecular weight is 272 g/mol. The first-order chi connectivity index (χ1) is 8.95. The minimum absolute atomic E-state index is 0.0244. The Hall–Kier alpha value is -1.30. The van der Waals surface area contributed by atoms with Crippen LogP contribution in [0, 0.1) is 5.92 Å². The number of carboxylic acid groups (broad SMARTS) is 1. The van der Waals surface area contributed by atoms with Crippen LogP contribution in [-0.2, 0) is 4.79 Å². The van der Waals surface area contributed by atoms with Crippen molar-refractivity contribution in [1.82, 2.24) is 10.2 Å². The van der Waals surface area contributed by atoms with Gasteiger partial charge in [0.2, 0.25) is 0 Å². The molecule has 1 atom stereocenters. The van der Waals surface area contributed by atoms with Crippen molar-refractivity contribution in [2.45, 2.75) is 51.1 Å². The van der Waals surface area contributed by atoms with E-state index in [9.17, 15) is 9.59 Å². The Labute approximate surface area is 113 Å². The highest BCUT2D eigenvalue weighted by Crippen LogP contribution is 2.26. The third-order valence-electron chi connectivity index (χ3n) is 3.87. The molecule has 0 aliphatic heterocycles. The quantitative estimate of drug-likeness (QED) is 0.697. The number of carboxylic acids is 1. The predicted octanol–water partition coefficient (Wildman–Crippen LogP) is 1.04. The molecule has 0 saturated heterocycles. The number of carbonyl (C=O) groups is 2. The van der Waals surface area contributed by atoms with E-state index in [1.165, 1.54) is 0 Å². The monoisotopic (exact) mass is 272 g/mol. The van der Waals surface area contributed by atoms with Gasteiger partial charge in [-0.2, -0.15) is 0 Å². The number of aliphatic hydroxyl groups excluding tert-OH is 1. The molecule has 0 heterocycles. The van der Waals surface area contributed by atoms with Gasteiger partial charge in [0.15, 0.2) is 0 Å². The van der Waals surface area contributed by atoms with Crippen molar-refractivity contribution >= 4 is 12.0 Å². The fourth-order valence-electron chi connectivity index (χ4n) is 2.43. The van der Waals surface area contributed by atoms with E-state index in [1.807, 2.05) is 0 Å². The van der Waals surface area contributed by atoms with Gasteiger partial charge in [-0.05, 0) is 31.6 Å². The van der Waals surface area contributed by atoms with Gasteiger partial charge in [0, 0.05) is 26.1 Å².